The first kappa shape index (κ1) is 21.2. The van der Waals surface area contributed by atoms with Gasteiger partial charge >= 0.3 is 0 Å². The van der Waals surface area contributed by atoms with Gasteiger partial charge in [-0.25, -0.2) is 4.39 Å². The Morgan fingerprint density at radius 3 is 2.55 bits per heavy atom. The Labute approximate surface area is 174 Å². The standard InChI is InChI=1S/C22H25FN2O3S/c1-24(14-15-28-19-10-4-3-9-18(19)23)22(27)17-8-2-5-11-20(17)29-16-21(26)25-12-6-7-13-25/h2-5,8-11H,6-7,12-16H2,1H3. The van der Waals surface area contributed by atoms with E-state index in [9.17, 15) is 14.0 Å². The molecule has 1 aliphatic heterocycles. The lowest BCUT2D eigenvalue weighted by Gasteiger charge is -2.20. The van der Waals surface area contributed by atoms with Gasteiger partial charge in [-0.15, -0.1) is 11.8 Å². The lowest BCUT2D eigenvalue weighted by atomic mass is 10.2. The summed E-state index contributed by atoms with van der Waals surface area (Å²) in [6.45, 7) is 2.15. The molecule has 0 N–H and O–H groups in total. The van der Waals surface area contributed by atoms with Crippen LogP contribution in [0.1, 0.15) is 23.2 Å². The number of amides is 2. The van der Waals surface area contributed by atoms with Crippen molar-refractivity contribution in [1.82, 2.24) is 9.80 Å². The number of hydrogen-bond acceptors (Lipinski definition) is 4. The predicted octanol–water partition coefficient (Wildman–Crippen LogP) is 3.69. The van der Waals surface area contributed by atoms with Crippen LogP contribution >= 0.6 is 11.8 Å². The molecule has 2 aromatic carbocycles. The number of halogens is 1. The average molecular weight is 417 g/mol. The summed E-state index contributed by atoms with van der Waals surface area (Å²) < 4.78 is 19.0. The number of likely N-dealkylation sites (tertiary alicyclic amines) is 1. The quantitative estimate of drug-likeness (QED) is 0.616. The van der Waals surface area contributed by atoms with Crippen LogP contribution in [0.4, 0.5) is 4.39 Å². The molecule has 0 unspecified atom stereocenters. The minimum absolute atomic E-state index is 0.112. The number of likely N-dealkylation sites (N-methyl/N-ethyl adjacent to an activating group) is 1. The van der Waals surface area contributed by atoms with Crippen molar-refractivity contribution >= 4 is 23.6 Å². The molecule has 2 amide bonds. The minimum atomic E-state index is -0.425. The molecule has 0 radical (unpaired) electrons. The number of carbonyl (C=O) groups excluding carboxylic acids is 2. The Balaban J connectivity index is 1.55. The van der Waals surface area contributed by atoms with E-state index in [1.165, 1.54) is 17.8 Å². The van der Waals surface area contributed by atoms with Gasteiger partial charge in [0.1, 0.15) is 6.61 Å². The first-order chi connectivity index (χ1) is 14.1. The molecular weight excluding hydrogens is 391 g/mol. The Morgan fingerprint density at radius 2 is 1.79 bits per heavy atom. The molecule has 154 valence electrons. The van der Waals surface area contributed by atoms with Crippen molar-refractivity contribution in [3.8, 4) is 5.75 Å². The normalized spacial score (nSPS) is 13.4. The number of carbonyl (C=O) groups is 2. The number of rotatable bonds is 8. The third-order valence-corrected chi connectivity index (χ3v) is 5.85. The minimum Gasteiger partial charge on any atom is -0.489 e. The fraction of sp³-hybridized carbons (Fsp3) is 0.364. The Kier molecular flexibility index (Phi) is 7.52. The predicted molar refractivity (Wildman–Crippen MR) is 112 cm³/mol. The first-order valence-electron chi connectivity index (χ1n) is 9.68. The third-order valence-electron chi connectivity index (χ3n) is 4.79. The number of para-hydroxylation sites is 1. The summed E-state index contributed by atoms with van der Waals surface area (Å²) in [6.07, 6.45) is 2.12. The molecule has 0 saturated carbocycles. The maximum atomic E-state index is 13.6. The van der Waals surface area contributed by atoms with Crippen LogP contribution in [0.15, 0.2) is 53.4 Å². The van der Waals surface area contributed by atoms with Crippen LogP contribution in [0.2, 0.25) is 0 Å². The molecule has 1 fully saturated rings. The lowest BCUT2D eigenvalue weighted by Crippen LogP contribution is -2.31. The second kappa shape index (κ2) is 10.3. The largest absolute Gasteiger partial charge is 0.489 e. The zero-order chi connectivity index (χ0) is 20.6. The zero-order valence-corrected chi connectivity index (χ0v) is 17.3. The highest BCUT2D eigenvalue weighted by molar-refractivity contribution is 8.00. The van der Waals surface area contributed by atoms with Crippen LogP contribution in [0.3, 0.4) is 0 Å². The van der Waals surface area contributed by atoms with Gasteiger partial charge in [-0.3, -0.25) is 9.59 Å². The van der Waals surface area contributed by atoms with Crippen LogP contribution < -0.4 is 4.74 Å². The maximum absolute atomic E-state index is 13.6. The molecule has 0 aliphatic carbocycles. The van der Waals surface area contributed by atoms with Gasteiger partial charge < -0.3 is 14.5 Å². The van der Waals surface area contributed by atoms with Crippen LogP contribution in [0.25, 0.3) is 0 Å². The van der Waals surface area contributed by atoms with Gasteiger partial charge in [-0.05, 0) is 37.1 Å². The lowest BCUT2D eigenvalue weighted by molar-refractivity contribution is -0.127. The van der Waals surface area contributed by atoms with Crippen molar-refractivity contribution in [2.24, 2.45) is 0 Å². The number of hydrogen-bond donors (Lipinski definition) is 0. The van der Waals surface area contributed by atoms with Crippen molar-refractivity contribution < 1.29 is 18.7 Å². The van der Waals surface area contributed by atoms with E-state index >= 15 is 0 Å². The van der Waals surface area contributed by atoms with Gasteiger partial charge in [0.25, 0.3) is 5.91 Å². The van der Waals surface area contributed by atoms with Crippen molar-refractivity contribution in [1.29, 1.82) is 0 Å². The molecule has 29 heavy (non-hydrogen) atoms. The SMILES string of the molecule is CN(CCOc1ccccc1F)C(=O)c1ccccc1SCC(=O)N1CCCC1. The van der Waals surface area contributed by atoms with Gasteiger partial charge in [-0.1, -0.05) is 24.3 Å². The summed E-state index contributed by atoms with van der Waals surface area (Å²) in [6, 6.07) is 13.5. The molecule has 0 aromatic heterocycles. The Morgan fingerprint density at radius 1 is 1.10 bits per heavy atom. The van der Waals surface area contributed by atoms with E-state index in [-0.39, 0.29) is 24.2 Å². The van der Waals surface area contributed by atoms with Gasteiger partial charge in [0.05, 0.1) is 17.9 Å². The van der Waals surface area contributed by atoms with Crippen molar-refractivity contribution in [3.05, 3.63) is 59.9 Å². The Hall–Kier alpha value is -2.54. The van der Waals surface area contributed by atoms with E-state index in [1.54, 1.807) is 36.2 Å². The molecule has 2 aromatic rings. The van der Waals surface area contributed by atoms with E-state index in [2.05, 4.69) is 0 Å². The second-order valence-corrected chi connectivity index (χ2v) is 7.90. The summed E-state index contributed by atoms with van der Waals surface area (Å²) in [4.78, 5) is 29.4. The summed E-state index contributed by atoms with van der Waals surface area (Å²) in [5.74, 6) is 0.0283. The van der Waals surface area contributed by atoms with Crippen molar-refractivity contribution in [2.75, 3.05) is 39.0 Å². The molecule has 1 heterocycles. The zero-order valence-electron chi connectivity index (χ0n) is 16.5. The summed E-state index contributed by atoms with van der Waals surface area (Å²) in [7, 11) is 1.68. The second-order valence-electron chi connectivity index (χ2n) is 6.88. The third kappa shape index (κ3) is 5.73. The highest BCUT2D eigenvalue weighted by Crippen LogP contribution is 2.25. The number of benzene rings is 2. The smallest absolute Gasteiger partial charge is 0.254 e. The molecule has 1 aliphatic rings. The van der Waals surface area contributed by atoms with E-state index in [4.69, 9.17) is 4.74 Å². The highest BCUT2D eigenvalue weighted by Gasteiger charge is 2.20. The number of ether oxygens (including phenoxy) is 1. The molecule has 0 bridgehead atoms. The summed E-state index contributed by atoms with van der Waals surface area (Å²) >= 11 is 1.39. The van der Waals surface area contributed by atoms with E-state index in [0.717, 1.165) is 30.8 Å². The molecule has 7 heteroatoms. The van der Waals surface area contributed by atoms with Crippen LogP contribution in [-0.2, 0) is 4.79 Å². The van der Waals surface area contributed by atoms with Crippen LogP contribution in [0.5, 0.6) is 5.75 Å². The molecule has 3 rings (SSSR count). The fourth-order valence-corrected chi connectivity index (χ4v) is 4.08. The highest BCUT2D eigenvalue weighted by atomic mass is 32.2. The van der Waals surface area contributed by atoms with Gasteiger partial charge in [0, 0.05) is 25.0 Å². The maximum Gasteiger partial charge on any atom is 0.254 e. The monoisotopic (exact) mass is 416 g/mol. The van der Waals surface area contributed by atoms with Crippen LogP contribution in [-0.4, -0.2) is 60.7 Å². The summed E-state index contributed by atoms with van der Waals surface area (Å²) in [5.41, 5.74) is 0.556. The number of nitrogens with zero attached hydrogens (tertiary/aromatic N) is 2. The molecule has 5 nitrogen and oxygen atoms in total. The molecule has 0 atom stereocenters. The molecule has 0 spiro atoms. The van der Waals surface area contributed by atoms with Crippen molar-refractivity contribution in [2.45, 2.75) is 17.7 Å². The Bertz CT molecular complexity index is 855. The van der Waals surface area contributed by atoms with Gasteiger partial charge in [-0.2, -0.15) is 0 Å². The van der Waals surface area contributed by atoms with E-state index in [1.807, 2.05) is 23.1 Å². The average Bonchev–Trinajstić information content (AvgIpc) is 3.28. The number of thioether (sulfide) groups is 1. The van der Waals surface area contributed by atoms with Gasteiger partial charge in [0.15, 0.2) is 11.6 Å². The fourth-order valence-electron chi connectivity index (χ4n) is 3.13. The molecular formula is C22H25FN2O3S. The van der Waals surface area contributed by atoms with Crippen molar-refractivity contribution in [3.63, 3.8) is 0 Å². The topological polar surface area (TPSA) is 49.9 Å². The van der Waals surface area contributed by atoms with Gasteiger partial charge in [0.2, 0.25) is 5.91 Å². The summed E-state index contributed by atoms with van der Waals surface area (Å²) in [5, 5.41) is 0. The van der Waals surface area contributed by atoms with Crippen LogP contribution in [0, 0.1) is 5.82 Å². The molecule has 1 saturated heterocycles. The first-order valence-corrected chi connectivity index (χ1v) is 10.7. The van der Waals surface area contributed by atoms with E-state index < -0.39 is 5.82 Å². The van der Waals surface area contributed by atoms with E-state index in [0.29, 0.717) is 17.9 Å².